The van der Waals surface area contributed by atoms with Gasteiger partial charge < -0.3 is 19.5 Å². The minimum absolute atomic E-state index is 0.259. The smallest absolute Gasteiger partial charge is 0.255 e. The summed E-state index contributed by atoms with van der Waals surface area (Å²) < 4.78 is 19.1. The first-order valence-electron chi connectivity index (χ1n) is 10.5. The molecule has 0 aliphatic heterocycles. The molecule has 166 valence electrons. The van der Waals surface area contributed by atoms with Gasteiger partial charge in [0.25, 0.3) is 5.91 Å². The number of hydrogen-bond acceptors (Lipinski definition) is 6. The first-order valence-corrected chi connectivity index (χ1v) is 11.4. The molecule has 4 rings (SSSR count). The van der Waals surface area contributed by atoms with Crippen LogP contribution in [-0.2, 0) is 0 Å². The van der Waals surface area contributed by atoms with Crippen molar-refractivity contribution in [1.29, 1.82) is 0 Å². The van der Waals surface area contributed by atoms with Gasteiger partial charge >= 0.3 is 0 Å². The van der Waals surface area contributed by atoms with Crippen molar-refractivity contribution >= 4 is 27.9 Å². The second-order valence-corrected chi connectivity index (χ2v) is 7.72. The second-order valence-electron chi connectivity index (χ2n) is 6.85. The number of imidazole rings is 1. The monoisotopic (exact) mass is 451 g/mol. The van der Waals surface area contributed by atoms with Gasteiger partial charge in [0.15, 0.2) is 16.5 Å². The summed E-state index contributed by atoms with van der Waals surface area (Å²) in [5.41, 5.74) is 2.99. The molecule has 2 heterocycles. The van der Waals surface area contributed by atoms with Crippen molar-refractivity contribution in [3.05, 3.63) is 59.7 Å². The molecule has 0 saturated carbocycles. The molecular formula is C24H25N3O4S. The van der Waals surface area contributed by atoms with Gasteiger partial charge in [-0.25, -0.2) is 4.98 Å². The number of ether oxygens (including phenoxy) is 3. The number of amides is 1. The quantitative estimate of drug-likeness (QED) is 0.363. The molecule has 2 aromatic heterocycles. The summed E-state index contributed by atoms with van der Waals surface area (Å²) in [6, 6.07) is 11.0. The van der Waals surface area contributed by atoms with Crippen LogP contribution in [0.5, 0.6) is 17.2 Å². The van der Waals surface area contributed by atoms with Gasteiger partial charge in [0.1, 0.15) is 0 Å². The summed E-state index contributed by atoms with van der Waals surface area (Å²) in [7, 11) is 0. The van der Waals surface area contributed by atoms with Gasteiger partial charge in [0, 0.05) is 34.6 Å². The standard InChI is InChI=1S/C24H25N3O4S/c1-4-29-20-13-17(14-21(30-5-2)22(20)31-6-3)23(28)25-18-9-7-16(8-10-18)19-15-27-11-12-32-24(27)26-19/h7-15H,4-6H2,1-3H3,(H,25,28). The molecule has 1 N–H and O–H groups in total. The van der Waals surface area contributed by atoms with E-state index in [0.717, 1.165) is 16.2 Å². The molecule has 0 aliphatic rings. The van der Waals surface area contributed by atoms with E-state index in [1.807, 2.05) is 67.2 Å². The Balaban J connectivity index is 1.55. The Bertz CT molecular complexity index is 1160. The zero-order valence-electron chi connectivity index (χ0n) is 18.3. The number of carbonyl (C=O) groups excluding carboxylic acids is 1. The van der Waals surface area contributed by atoms with Crippen molar-refractivity contribution < 1.29 is 19.0 Å². The lowest BCUT2D eigenvalue weighted by atomic mass is 10.1. The van der Waals surface area contributed by atoms with Crippen LogP contribution in [0, 0.1) is 0 Å². The van der Waals surface area contributed by atoms with E-state index >= 15 is 0 Å². The maximum Gasteiger partial charge on any atom is 0.255 e. The molecule has 0 radical (unpaired) electrons. The normalized spacial score (nSPS) is 10.8. The molecule has 0 unspecified atom stereocenters. The predicted octanol–water partition coefficient (Wildman–Crippen LogP) is 5.51. The van der Waals surface area contributed by atoms with Crippen molar-refractivity contribution in [3.8, 4) is 28.5 Å². The van der Waals surface area contributed by atoms with Crippen LogP contribution in [0.15, 0.2) is 54.2 Å². The number of thiazole rings is 1. The first kappa shape index (κ1) is 21.7. The number of rotatable bonds is 9. The highest BCUT2D eigenvalue weighted by Crippen LogP contribution is 2.39. The van der Waals surface area contributed by atoms with Crippen molar-refractivity contribution in [2.45, 2.75) is 20.8 Å². The number of carbonyl (C=O) groups is 1. The molecule has 8 heteroatoms. The van der Waals surface area contributed by atoms with E-state index in [-0.39, 0.29) is 5.91 Å². The fourth-order valence-corrected chi connectivity index (χ4v) is 4.01. The molecule has 0 saturated heterocycles. The summed E-state index contributed by atoms with van der Waals surface area (Å²) in [6.07, 6.45) is 3.97. The summed E-state index contributed by atoms with van der Waals surface area (Å²) >= 11 is 1.59. The average Bonchev–Trinajstić information content (AvgIpc) is 3.39. The van der Waals surface area contributed by atoms with Gasteiger partial charge in [-0.3, -0.25) is 9.20 Å². The fourth-order valence-electron chi connectivity index (χ4n) is 3.31. The zero-order chi connectivity index (χ0) is 22.5. The number of hydrogen-bond donors (Lipinski definition) is 1. The maximum absolute atomic E-state index is 13.0. The van der Waals surface area contributed by atoms with E-state index in [9.17, 15) is 4.79 Å². The lowest BCUT2D eigenvalue weighted by Crippen LogP contribution is -2.13. The van der Waals surface area contributed by atoms with Crippen LogP contribution in [0.1, 0.15) is 31.1 Å². The molecule has 1 amide bonds. The topological polar surface area (TPSA) is 74.1 Å². The summed E-state index contributed by atoms with van der Waals surface area (Å²) in [4.78, 5) is 18.5. The SMILES string of the molecule is CCOc1cc(C(=O)Nc2ccc(-c3cn4ccsc4n3)cc2)cc(OCC)c1OCC. The first-order chi connectivity index (χ1) is 15.6. The van der Waals surface area contributed by atoms with Crippen LogP contribution in [0.4, 0.5) is 5.69 Å². The Kier molecular flexibility index (Phi) is 6.61. The van der Waals surface area contributed by atoms with Gasteiger partial charge in [-0.1, -0.05) is 12.1 Å². The van der Waals surface area contributed by atoms with E-state index < -0.39 is 0 Å². The molecule has 0 fully saturated rings. The van der Waals surface area contributed by atoms with Crippen LogP contribution in [-0.4, -0.2) is 35.1 Å². The second kappa shape index (κ2) is 9.74. The van der Waals surface area contributed by atoms with Crippen molar-refractivity contribution in [1.82, 2.24) is 9.38 Å². The molecule has 0 spiro atoms. The largest absolute Gasteiger partial charge is 0.490 e. The van der Waals surface area contributed by atoms with Crippen molar-refractivity contribution in [2.75, 3.05) is 25.1 Å². The maximum atomic E-state index is 13.0. The van der Waals surface area contributed by atoms with Gasteiger partial charge in [-0.15, -0.1) is 11.3 Å². The Morgan fingerprint density at radius 1 is 1.00 bits per heavy atom. The molecular weight excluding hydrogens is 426 g/mol. The number of nitrogens with one attached hydrogen (secondary N) is 1. The third-order valence-corrected chi connectivity index (χ3v) is 5.47. The molecule has 32 heavy (non-hydrogen) atoms. The van der Waals surface area contributed by atoms with E-state index in [1.165, 1.54) is 0 Å². The van der Waals surface area contributed by atoms with Gasteiger partial charge in [0.05, 0.1) is 25.5 Å². The third kappa shape index (κ3) is 4.55. The highest BCUT2D eigenvalue weighted by Gasteiger charge is 2.18. The molecule has 4 aromatic rings. The van der Waals surface area contributed by atoms with Gasteiger partial charge in [-0.2, -0.15) is 0 Å². The number of aromatic nitrogens is 2. The Morgan fingerprint density at radius 3 is 2.25 bits per heavy atom. The number of fused-ring (bicyclic) bond motifs is 1. The third-order valence-electron chi connectivity index (χ3n) is 4.70. The molecule has 0 atom stereocenters. The Labute approximate surface area is 190 Å². The number of nitrogens with zero attached hydrogens (tertiary/aromatic N) is 2. The minimum Gasteiger partial charge on any atom is -0.490 e. The summed E-state index contributed by atoms with van der Waals surface area (Å²) in [6.45, 7) is 7.02. The predicted molar refractivity (Wildman–Crippen MR) is 126 cm³/mol. The van der Waals surface area contributed by atoms with Gasteiger partial charge in [0.2, 0.25) is 5.75 Å². The van der Waals surface area contributed by atoms with E-state index in [0.29, 0.717) is 48.3 Å². The van der Waals surface area contributed by atoms with Crippen LogP contribution >= 0.6 is 11.3 Å². The lowest BCUT2D eigenvalue weighted by molar-refractivity contribution is 0.102. The Morgan fingerprint density at radius 2 is 1.66 bits per heavy atom. The zero-order valence-corrected chi connectivity index (χ0v) is 19.1. The van der Waals surface area contributed by atoms with Crippen LogP contribution in [0.2, 0.25) is 0 Å². The summed E-state index contributed by atoms with van der Waals surface area (Å²) in [5, 5.41) is 4.93. The van der Waals surface area contributed by atoms with Gasteiger partial charge in [-0.05, 0) is 45.0 Å². The van der Waals surface area contributed by atoms with E-state index in [4.69, 9.17) is 14.2 Å². The van der Waals surface area contributed by atoms with Crippen molar-refractivity contribution in [2.24, 2.45) is 0 Å². The molecule has 2 aromatic carbocycles. The molecule has 0 bridgehead atoms. The number of benzene rings is 2. The highest BCUT2D eigenvalue weighted by molar-refractivity contribution is 7.15. The summed E-state index contributed by atoms with van der Waals surface area (Å²) in [5.74, 6) is 1.23. The minimum atomic E-state index is -0.259. The fraction of sp³-hybridized carbons (Fsp3) is 0.250. The van der Waals surface area contributed by atoms with E-state index in [1.54, 1.807) is 23.5 Å². The highest BCUT2D eigenvalue weighted by atomic mass is 32.1. The number of anilines is 1. The van der Waals surface area contributed by atoms with Crippen LogP contribution in [0.3, 0.4) is 0 Å². The molecule has 7 nitrogen and oxygen atoms in total. The van der Waals surface area contributed by atoms with Crippen molar-refractivity contribution in [3.63, 3.8) is 0 Å². The van der Waals surface area contributed by atoms with Crippen LogP contribution < -0.4 is 19.5 Å². The Hall–Kier alpha value is -3.52. The van der Waals surface area contributed by atoms with Crippen LogP contribution in [0.25, 0.3) is 16.2 Å². The lowest BCUT2D eigenvalue weighted by Gasteiger charge is -2.17. The van der Waals surface area contributed by atoms with E-state index in [2.05, 4.69) is 10.3 Å². The molecule has 0 aliphatic carbocycles. The average molecular weight is 452 g/mol.